The molecule has 84 valence electrons. The van der Waals surface area contributed by atoms with Gasteiger partial charge in [-0.2, -0.15) is 0 Å². The molecule has 0 spiro atoms. The van der Waals surface area contributed by atoms with Crippen LogP contribution in [0.3, 0.4) is 0 Å². The van der Waals surface area contributed by atoms with Crippen molar-refractivity contribution in [2.75, 3.05) is 0 Å². The van der Waals surface area contributed by atoms with E-state index in [-0.39, 0.29) is 0 Å². The van der Waals surface area contributed by atoms with Crippen molar-refractivity contribution in [2.45, 2.75) is 45.4 Å². The highest BCUT2D eigenvalue weighted by molar-refractivity contribution is 9.08. The molecular weight excluding hydrogens is 268 g/mol. The predicted molar refractivity (Wildman–Crippen MR) is 71.9 cm³/mol. The van der Waals surface area contributed by atoms with Gasteiger partial charge < -0.3 is 0 Å². The van der Waals surface area contributed by atoms with Crippen LogP contribution in [0.2, 0.25) is 0 Å². The Morgan fingerprint density at radius 1 is 1.47 bits per heavy atom. The van der Waals surface area contributed by atoms with Gasteiger partial charge in [-0.3, -0.25) is 0 Å². The van der Waals surface area contributed by atoms with E-state index in [4.69, 9.17) is 0 Å². The number of rotatable bonds is 1. The second-order valence-corrected chi connectivity index (χ2v) is 7.38. The summed E-state index contributed by atoms with van der Waals surface area (Å²) in [5.74, 6) is 0.864. The third-order valence-corrected chi connectivity index (χ3v) is 5.70. The highest BCUT2D eigenvalue weighted by Gasteiger charge is 2.29. The van der Waals surface area contributed by atoms with Crippen molar-refractivity contribution in [3.05, 3.63) is 21.4 Å². The van der Waals surface area contributed by atoms with Gasteiger partial charge in [0.2, 0.25) is 0 Å². The molecule has 0 saturated heterocycles. The van der Waals surface area contributed by atoms with Crippen LogP contribution in [0.15, 0.2) is 6.07 Å². The monoisotopic (exact) mass is 286 g/mol. The van der Waals surface area contributed by atoms with Gasteiger partial charge in [-0.05, 0) is 42.2 Å². The molecule has 0 fully saturated rings. The normalized spacial score (nSPS) is 21.5. The summed E-state index contributed by atoms with van der Waals surface area (Å²) in [6, 6.07) is 2.41. The van der Waals surface area contributed by atoms with Gasteiger partial charge in [-0.25, -0.2) is 0 Å². The van der Waals surface area contributed by atoms with E-state index in [0.29, 0.717) is 5.41 Å². The minimum atomic E-state index is 0.466. The van der Waals surface area contributed by atoms with Crippen LogP contribution in [0.25, 0.3) is 0 Å². The molecule has 15 heavy (non-hydrogen) atoms. The smallest absolute Gasteiger partial charge is 0.0377 e. The molecule has 0 aliphatic heterocycles. The van der Waals surface area contributed by atoms with E-state index in [1.165, 1.54) is 24.1 Å². The molecule has 1 unspecified atom stereocenters. The first kappa shape index (κ1) is 11.7. The van der Waals surface area contributed by atoms with Gasteiger partial charge in [0.05, 0.1) is 0 Å². The quantitative estimate of drug-likeness (QED) is 0.651. The summed E-state index contributed by atoms with van der Waals surface area (Å²) < 4.78 is 0. The van der Waals surface area contributed by atoms with Crippen molar-refractivity contribution in [2.24, 2.45) is 11.3 Å². The van der Waals surface area contributed by atoms with Crippen molar-refractivity contribution in [3.8, 4) is 0 Å². The van der Waals surface area contributed by atoms with Gasteiger partial charge in [0, 0.05) is 15.1 Å². The number of alkyl halides is 1. The van der Waals surface area contributed by atoms with E-state index >= 15 is 0 Å². The molecule has 0 bridgehead atoms. The number of hydrogen-bond acceptors (Lipinski definition) is 1. The Bertz CT molecular complexity index is 346. The van der Waals surface area contributed by atoms with Crippen molar-refractivity contribution < 1.29 is 0 Å². The fourth-order valence-corrected chi connectivity index (χ4v) is 3.96. The van der Waals surface area contributed by atoms with Crippen LogP contribution >= 0.6 is 27.3 Å². The summed E-state index contributed by atoms with van der Waals surface area (Å²) in [6.07, 6.45) is 3.97. The Labute approximate surface area is 105 Å². The third-order valence-electron chi connectivity index (χ3n) is 3.49. The van der Waals surface area contributed by atoms with Crippen molar-refractivity contribution in [1.29, 1.82) is 0 Å². The number of thiophene rings is 1. The summed E-state index contributed by atoms with van der Waals surface area (Å²) in [4.78, 5) is 3.14. The molecule has 0 nitrogen and oxygen atoms in total. The van der Waals surface area contributed by atoms with E-state index in [0.717, 1.165) is 11.2 Å². The molecule has 0 radical (unpaired) electrons. The summed E-state index contributed by atoms with van der Waals surface area (Å²) in [5, 5.41) is 1.02. The van der Waals surface area contributed by atoms with Crippen LogP contribution in [0.1, 0.15) is 42.5 Å². The summed E-state index contributed by atoms with van der Waals surface area (Å²) in [6.45, 7) is 7.13. The lowest BCUT2D eigenvalue weighted by Crippen LogP contribution is -2.26. The van der Waals surface area contributed by atoms with Gasteiger partial charge in [-0.15, -0.1) is 11.3 Å². The molecule has 0 N–H and O–H groups in total. The van der Waals surface area contributed by atoms with E-state index in [1.54, 1.807) is 10.4 Å². The third kappa shape index (κ3) is 2.47. The van der Waals surface area contributed by atoms with Gasteiger partial charge in [0.25, 0.3) is 0 Å². The number of fused-ring (bicyclic) bond motifs is 1. The zero-order valence-corrected chi connectivity index (χ0v) is 12.2. The van der Waals surface area contributed by atoms with E-state index in [1.807, 2.05) is 11.3 Å². The molecule has 1 aromatic rings. The average molecular weight is 287 g/mol. The van der Waals surface area contributed by atoms with Gasteiger partial charge in [0.15, 0.2) is 0 Å². The molecule has 2 heteroatoms. The Morgan fingerprint density at radius 2 is 2.20 bits per heavy atom. The maximum Gasteiger partial charge on any atom is 0.0377 e. The van der Waals surface area contributed by atoms with Crippen LogP contribution in [0, 0.1) is 11.3 Å². The van der Waals surface area contributed by atoms with Gasteiger partial charge in [0.1, 0.15) is 0 Å². The number of hydrogen-bond donors (Lipinski definition) is 0. The average Bonchev–Trinajstić information content (AvgIpc) is 2.57. The first-order valence-corrected chi connectivity index (χ1v) is 7.61. The Balaban J connectivity index is 2.19. The lowest BCUT2D eigenvalue weighted by atomic mass is 9.72. The van der Waals surface area contributed by atoms with Crippen molar-refractivity contribution in [1.82, 2.24) is 0 Å². The second kappa shape index (κ2) is 4.21. The largest absolute Gasteiger partial charge is 0.144 e. The van der Waals surface area contributed by atoms with Gasteiger partial charge in [-0.1, -0.05) is 36.7 Å². The molecule has 0 amide bonds. The Kier molecular flexibility index (Phi) is 3.27. The molecule has 0 aromatic carbocycles. The van der Waals surface area contributed by atoms with Crippen LogP contribution in [0.4, 0.5) is 0 Å². The summed E-state index contributed by atoms with van der Waals surface area (Å²) in [7, 11) is 0. The summed E-state index contributed by atoms with van der Waals surface area (Å²) >= 11 is 5.55. The highest BCUT2D eigenvalue weighted by Crippen LogP contribution is 2.40. The minimum Gasteiger partial charge on any atom is -0.144 e. The predicted octanol–water partition coefficient (Wildman–Crippen LogP) is 4.79. The fraction of sp³-hybridized carbons (Fsp3) is 0.692. The fourth-order valence-electron chi connectivity index (χ4n) is 2.39. The number of aryl methyl sites for hydroxylation is 1. The topological polar surface area (TPSA) is 0 Å². The molecular formula is C13H19BrS. The first-order chi connectivity index (χ1) is 7.00. The Hall–Kier alpha value is 0.180. The van der Waals surface area contributed by atoms with Crippen LogP contribution in [-0.2, 0) is 18.2 Å². The van der Waals surface area contributed by atoms with Crippen molar-refractivity contribution >= 4 is 27.3 Å². The maximum absolute atomic E-state index is 3.55. The van der Waals surface area contributed by atoms with Crippen LogP contribution < -0.4 is 0 Å². The standard InChI is InChI=1S/C13H19BrS/c1-13(2,3)10-4-5-12-9(6-10)7-11(8-14)15-12/h7,10H,4-6,8H2,1-3H3. The highest BCUT2D eigenvalue weighted by atomic mass is 79.9. The van der Waals surface area contributed by atoms with Crippen LogP contribution in [-0.4, -0.2) is 0 Å². The van der Waals surface area contributed by atoms with Crippen LogP contribution in [0.5, 0.6) is 0 Å². The number of halogens is 1. The molecule has 1 aromatic heterocycles. The molecule has 0 saturated carbocycles. The lowest BCUT2D eigenvalue weighted by molar-refractivity contribution is 0.217. The van der Waals surface area contributed by atoms with Gasteiger partial charge >= 0.3 is 0 Å². The minimum absolute atomic E-state index is 0.466. The molecule has 1 heterocycles. The van der Waals surface area contributed by atoms with E-state index in [2.05, 4.69) is 42.8 Å². The van der Waals surface area contributed by atoms with Crippen molar-refractivity contribution in [3.63, 3.8) is 0 Å². The second-order valence-electron chi connectivity index (χ2n) is 5.60. The zero-order valence-electron chi connectivity index (χ0n) is 9.77. The zero-order chi connectivity index (χ0) is 11.1. The SMILES string of the molecule is CC(C)(C)C1CCc2sc(CBr)cc2C1. The maximum atomic E-state index is 3.55. The van der Waals surface area contributed by atoms with E-state index in [9.17, 15) is 0 Å². The molecule has 1 aliphatic rings. The lowest BCUT2D eigenvalue weighted by Gasteiger charge is -2.33. The first-order valence-electron chi connectivity index (χ1n) is 5.67. The molecule has 1 atom stereocenters. The molecule has 1 aliphatic carbocycles. The Morgan fingerprint density at radius 3 is 2.80 bits per heavy atom. The summed E-state index contributed by atoms with van der Waals surface area (Å²) in [5.41, 5.74) is 2.09. The molecule has 2 rings (SSSR count). The van der Waals surface area contributed by atoms with E-state index < -0.39 is 0 Å².